The van der Waals surface area contributed by atoms with Crippen LogP contribution in [-0.2, 0) is 4.74 Å². The highest BCUT2D eigenvalue weighted by molar-refractivity contribution is 4.83. The highest BCUT2D eigenvalue weighted by atomic mass is 16.5. The average molecular weight is 144 g/mol. The van der Waals surface area contributed by atoms with Gasteiger partial charge in [-0.25, -0.2) is 0 Å². The minimum absolute atomic E-state index is 0.298. The molecule has 1 heterocycles. The normalized spacial score (nSPS) is 33.0. The fourth-order valence-electron chi connectivity index (χ4n) is 1.21. The van der Waals surface area contributed by atoms with Crippen LogP contribution in [0.3, 0.4) is 0 Å². The Bertz CT molecular complexity index is 97.6. The first kappa shape index (κ1) is 7.98. The van der Waals surface area contributed by atoms with Crippen molar-refractivity contribution < 1.29 is 4.74 Å². The van der Waals surface area contributed by atoms with E-state index in [0.29, 0.717) is 12.0 Å². The van der Waals surface area contributed by atoms with Gasteiger partial charge in [0.1, 0.15) is 0 Å². The smallest absolute Gasteiger partial charge is 0.0521 e. The second-order valence-corrected chi connectivity index (χ2v) is 2.74. The van der Waals surface area contributed by atoms with Crippen molar-refractivity contribution in [2.45, 2.75) is 13.0 Å². The summed E-state index contributed by atoms with van der Waals surface area (Å²) in [7, 11) is 0. The van der Waals surface area contributed by atoms with Crippen LogP contribution in [0.2, 0.25) is 0 Å². The Morgan fingerprint density at radius 1 is 1.60 bits per heavy atom. The fourth-order valence-corrected chi connectivity index (χ4v) is 1.21. The van der Waals surface area contributed by atoms with Gasteiger partial charge in [-0.05, 0) is 6.92 Å². The molecule has 3 nitrogen and oxygen atoms in total. The van der Waals surface area contributed by atoms with E-state index in [1.54, 1.807) is 0 Å². The van der Waals surface area contributed by atoms with E-state index in [-0.39, 0.29) is 0 Å². The Labute approximate surface area is 61.9 Å². The molecule has 1 aliphatic rings. The largest absolute Gasteiger partial charge is 0.381 e. The van der Waals surface area contributed by atoms with Crippen molar-refractivity contribution in [3.8, 4) is 0 Å². The van der Waals surface area contributed by atoms with E-state index in [9.17, 15) is 0 Å². The molecule has 0 amide bonds. The van der Waals surface area contributed by atoms with E-state index in [0.717, 1.165) is 26.3 Å². The van der Waals surface area contributed by atoms with Crippen LogP contribution in [0.1, 0.15) is 6.92 Å². The highest BCUT2D eigenvalue weighted by Crippen LogP contribution is 2.06. The van der Waals surface area contributed by atoms with Crippen LogP contribution in [0.25, 0.3) is 0 Å². The second kappa shape index (κ2) is 3.91. The lowest BCUT2D eigenvalue weighted by Crippen LogP contribution is -2.31. The van der Waals surface area contributed by atoms with Gasteiger partial charge in [0.25, 0.3) is 0 Å². The van der Waals surface area contributed by atoms with Gasteiger partial charge in [-0.2, -0.15) is 0 Å². The molecule has 0 aromatic carbocycles. The third-order valence-corrected chi connectivity index (χ3v) is 1.93. The first-order chi connectivity index (χ1) is 4.84. The van der Waals surface area contributed by atoms with Crippen LogP contribution in [0.5, 0.6) is 0 Å². The maximum atomic E-state index is 5.78. The SMILES string of the molecule is CCOCC1CNCC1N. The Morgan fingerprint density at radius 2 is 2.40 bits per heavy atom. The summed E-state index contributed by atoms with van der Waals surface area (Å²) in [5, 5.41) is 3.23. The molecule has 3 heteroatoms. The Morgan fingerprint density at radius 3 is 2.90 bits per heavy atom. The van der Waals surface area contributed by atoms with Gasteiger partial charge in [0.05, 0.1) is 6.61 Å². The standard InChI is InChI=1S/C7H16N2O/c1-2-10-5-6-3-9-4-7(6)8/h6-7,9H,2-5,8H2,1H3. The van der Waals surface area contributed by atoms with Gasteiger partial charge in [-0.1, -0.05) is 0 Å². The van der Waals surface area contributed by atoms with Gasteiger partial charge in [0.15, 0.2) is 0 Å². The maximum absolute atomic E-state index is 5.78. The van der Waals surface area contributed by atoms with Gasteiger partial charge in [0, 0.05) is 31.7 Å². The van der Waals surface area contributed by atoms with Crippen molar-refractivity contribution in [1.29, 1.82) is 0 Å². The lowest BCUT2D eigenvalue weighted by Gasteiger charge is -2.12. The van der Waals surface area contributed by atoms with Gasteiger partial charge in [0.2, 0.25) is 0 Å². The molecular weight excluding hydrogens is 128 g/mol. The Hall–Kier alpha value is -0.120. The minimum Gasteiger partial charge on any atom is -0.381 e. The van der Waals surface area contributed by atoms with Crippen LogP contribution in [0, 0.1) is 5.92 Å². The average Bonchev–Trinajstić information content (AvgIpc) is 2.31. The molecule has 0 aromatic heterocycles. The summed E-state index contributed by atoms with van der Waals surface area (Å²) in [5.41, 5.74) is 5.78. The summed E-state index contributed by atoms with van der Waals surface area (Å²) >= 11 is 0. The first-order valence-electron chi connectivity index (χ1n) is 3.88. The van der Waals surface area contributed by atoms with Gasteiger partial charge in [-0.15, -0.1) is 0 Å². The molecule has 0 bridgehead atoms. The molecule has 60 valence electrons. The van der Waals surface area contributed by atoms with E-state index in [1.165, 1.54) is 0 Å². The molecule has 2 atom stereocenters. The molecule has 0 spiro atoms. The van der Waals surface area contributed by atoms with E-state index in [4.69, 9.17) is 10.5 Å². The maximum Gasteiger partial charge on any atom is 0.0521 e. The number of rotatable bonds is 3. The number of hydrogen-bond acceptors (Lipinski definition) is 3. The monoisotopic (exact) mass is 144 g/mol. The number of ether oxygens (including phenoxy) is 1. The van der Waals surface area contributed by atoms with E-state index < -0.39 is 0 Å². The lowest BCUT2D eigenvalue weighted by molar-refractivity contribution is 0.112. The summed E-state index contributed by atoms with van der Waals surface area (Å²) in [6, 6.07) is 0.298. The van der Waals surface area contributed by atoms with E-state index in [2.05, 4.69) is 5.32 Å². The third kappa shape index (κ3) is 1.94. The van der Waals surface area contributed by atoms with Crippen molar-refractivity contribution in [1.82, 2.24) is 5.32 Å². The molecule has 0 aliphatic carbocycles. The highest BCUT2D eigenvalue weighted by Gasteiger charge is 2.22. The Balaban J connectivity index is 2.14. The molecule has 2 unspecified atom stereocenters. The van der Waals surface area contributed by atoms with Gasteiger partial charge in [-0.3, -0.25) is 0 Å². The second-order valence-electron chi connectivity index (χ2n) is 2.74. The summed E-state index contributed by atoms with van der Waals surface area (Å²) in [5.74, 6) is 0.528. The minimum atomic E-state index is 0.298. The van der Waals surface area contributed by atoms with Crippen molar-refractivity contribution >= 4 is 0 Å². The van der Waals surface area contributed by atoms with Crippen LogP contribution in [0.4, 0.5) is 0 Å². The first-order valence-corrected chi connectivity index (χ1v) is 3.88. The Kier molecular flexibility index (Phi) is 3.12. The quantitative estimate of drug-likeness (QED) is 0.565. The molecule has 10 heavy (non-hydrogen) atoms. The summed E-state index contributed by atoms with van der Waals surface area (Å²) in [6.07, 6.45) is 0. The zero-order chi connectivity index (χ0) is 7.40. The van der Waals surface area contributed by atoms with Crippen molar-refractivity contribution in [2.75, 3.05) is 26.3 Å². The number of hydrogen-bond donors (Lipinski definition) is 2. The fraction of sp³-hybridized carbons (Fsp3) is 1.00. The summed E-state index contributed by atoms with van der Waals surface area (Å²) in [4.78, 5) is 0. The zero-order valence-corrected chi connectivity index (χ0v) is 6.47. The number of nitrogens with two attached hydrogens (primary N) is 1. The summed E-state index contributed by atoms with van der Waals surface area (Å²) in [6.45, 7) is 5.57. The van der Waals surface area contributed by atoms with Crippen LogP contribution >= 0.6 is 0 Å². The van der Waals surface area contributed by atoms with Crippen LogP contribution in [-0.4, -0.2) is 32.3 Å². The molecule has 0 radical (unpaired) electrons. The molecule has 1 fully saturated rings. The predicted octanol–water partition coefficient (Wildman–Crippen LogP) is -0.430. The number of nitrogens with one attached hydrogen (secondary N) is 1. The van der Waals surface area contributed by atoms with Crippen molar-refractivity contribution in [2.24, 2.45) is 11.7 Å². The van der Waals surface area contributed by atoms with Gasteiger partial charge >= 0.3 is 0 Å². The lowest BCUT2D eigenvalue weighted by atomic mass is 10.1. The topological polar surface area (TPSA) is 47.3 Å². The van der Waals surface area contributed by atoms with Crippen molar-refractivity contribution in [3.05, 3.63) is 0 Å². The molecule has 3 N–H and O–H groups in total. The molecule has 0 saturated carbocycles. The van der Waals surface area contributed by atoms with Crippen LogP contribution in [0.15, 0.2) is 0 Å². The van der Waals surface area contributed by atoms with Gasteiger partial charge < -0.3 is 15.8 Å². The van der Waals surface area contributed by atoms with E-state index >= 15 is 0 Å². The third-order valence-electron chi connectivity index (χ3n) is 1.93. The zero-order valence-electron chi connectivity index (χ0n) is 6.47. The molecular formula is C7H16N2O. The van der Waals surface area contributed by atoms with E-state index in [1.807, 2.05) is 6.92 Å². The molecule has 1 aliphatic heterocycles. The predicted molar refractivity (Wildman–Crippen MR) is 40.8 cm³/mol. The summed E-state index contributed by atoms with van der Waals surface area (Å²) < 4.78 is 5.27. The molecule has 1 rings (SSSR count). The molecule has 0 aromatic rings. The molecule has 1 saturated heterocycles. The van der Waals surface area contributed by atoms with Crippen LogP contribution < -0.4 is 11.1 Å². The van der Waals surface area contributed by atoms with Crippen molar-refractivity contribution in [3.63, 3.8) is 0 Å².